The first-order chi connectivity index (χ1) is 8.40. The number of carboxylic acids is 1. The highest BCUT2D eigenvalue weighted by atomic mass is 16.5. The molecule has 96 valence electrons. The summed E-state index contributed by atoms with van der Waals surface area (Å²) in [6.45, 7) is 6.93. The number of hydrogen-bond donors (Lipinski definition) is 1. The van der Waals surface area contributed by atoms with Gasteiger partial charge >= 0.3 is 5.97 Å². The fraction of sp³-hybridized carbons (Fsp3) is 0.400. The average molecular weight is 246 g/mol. The summed E-state index contributed by atoms with van der Waals surface area (Å²) in [5, 5.41) is 8.79. The van der Waals surface area contributed by atoms with Gasteiger partial charge in [0, 0.05) is 11.6 Å². The van der Waals surface area contributed by atoms with Gasteiger partial charge in [-0.15, -0.1) is 0 Å². The van der Waals surface area contributed by atoms with E-state index >= 15 is 0 Å². The Balaban J connectivity index is 2.46. The Kier molecular flexibility index (Phi) is 3.16. The SMILES string of the molecule is C/C(=C/C(=O)O)c1ccc2c(c1)C(C)(C)CCO2. The van der Waals surface area contributed by atoms with Crippen molar-refractivity contribution in [2.45, 2.75) is 32.6 Å². The molecule has 1 aliphatic heterocycles. The predicted octanol–water partition coefficient (Wildman–Crippen LogP) is 3.23. The van der Waals surface area contributed by atoms with Crippen LogP contribution < -0.4 is 4.74 Å². The highest BCUT2D eigenvalue weighted by Gasteiger charge is 2.28. The molecule has 1 N–H and O–H groups in total. The molecule has 18 heavy (non-hydrogen) atoms. The molecule has 1 aromatic rings. The number of rotatable bonds is 2. The van der Waals surface area contributed by atoms with Gasteiger partial charge in [0.25, 0.3) is 0 Å². The van der Waals surface area contributed by atoms with E-state index in [9.17, 15) is 4.79 Å². The fourth-order valence-corrected chi connectivity index (χ4v) is 2.25. The van der Waals surface area contributed by atoms with E-state index in [-0.39, 0.29) is 5.41 Å². The third-order valence-electron chi connectivity index (χ3n) is 3.49. The van der Waals surface area contributed by atoms with Crippen LogP contribution in [-0.4, -0.2) is 17.7 Å². The van der Waals surface area contributed by atoms with Crippen LogP contribution in [0.2, 0.25) is 0 Å². The van der Waals surface area contributed by atoms with E-state index in [1.165, 1.54) is 6.08 Å². The Labute approximate surface area is 107 Å². The van der Waals surface area contributed by atoms with Crippen molar-refractivity contribution >= 4 is 11.5 Å². The van der Waals surface area contributed by atoms with Crippen molar-refractivity contribution in [2.75, 3.05) is 6.61 Å². The first kappa shape index (κ1) is 12.7. The summed E-state index contributed by atoms with van der Waals surface area (Å²) in [5.74, 6) is -0.00106. The van der Waals surface area contributed by atoms with Gasteiger partial charge in [0.1, 0.15) is 5.75 Å². The molecular weight excluding hydrogens is 228 g/mol. The van der Waals surface area contributed by atoms with Crippen LogP contribution in [0.3, 0.4) is 0 Å². The number of allylic oxidation sites excluding steroid dienone is 1. The van der Waals surface area contributed by atoms with Gasteiger partial charge in [-0.05, 0) is 42.0 Å². The molecule has 0 aromatic heterocycles. The van der Waals surface area contributed by atoms with Crippen LogP contribution in [0, 0.1) is 0 Å². The summed E-state index contributed by atoms with van der Waals surface area (Å²) in [6, 6.07) is 5.89. The summed E-state index contributed by atoms with van der Waals surface area (Å²) in [6.07, 6.45) is 2.21. The Morgan fingerprint density at radius 2 is 2.17 bits per heavy atom. The second-order valence-corrected chi connectivity index (χ2v) is 5.36. The lowest BCUT2D eigenvalue weighted by molar-refractivity contribution is -0.131. The molecule has 0 saturated carbocycles. The van der Waals surface area contributed by atoms with Crippen molar-refractivity contribution in [3.63, 3.8) is 0 Å². The maximum absolute atomic E-state index is 10.7. The van der Waals surface area contributed by atoms with Crippen LogP contribution in [0.5, 0.6) is 5.75 Å². The molecule has 3 nitrogen and oxygen atoms in total. The maximum Gasteiger partial charge on any atom is 0.328 e. The van der Waals surface area contributed by atoms with Gasteiger partial charge in [-0.2, -0.15) is 0 Å². The van der Waals surface area contributed by atoms with E-state index in [0.29, 0.717) is 0 Å². The van der Waals surface area contributed by atoms with Crippen molar-refractivity contribution in [2.24, 2.45) is 0 Å². The summed E-state index contributed by atoms with van der Waals surface area (Å²) < 4.78 is 5.64. The van der Waals surface area contributed by atoms with Gasteiger partial charge in [0.2, 0.25) is 0 Å². The molecule has 0 atom stereocenters. The van der Waals surface area contributed by atoms with Crippen LogP contribution in [-0.2, 0) is 10.2 Å². The quantitative estimate of drug-likeness (QED) is 0.815. The summed E-state index contributed by atoms with van der Waals surface area (Å²) in [7, 11) is 0. The van der Waals surface area contributed by atoms with E-state index in [0.717, 1.165) is 35.5 Å². The Hall–Kier alpha value is -1.77. The molecular formula is C15H18O3. The average Bonchev–Trinajstić information content (AvgIpc) is 2.27. The van der Waals surface area contributed by atoms with Crippen LogP contribution >= 0.6 is 0 Å². The topological polar surface area (TPSA) is 46.5 Å². The van der Waals surface area contributed by atoms with Crippen molar-refractivity contribution < 1.29 is 14.6 Å². The summed E-state index contributed by atoms with van der Waals surface area (Å²) in [4.78, 5) is 10.7. The van der Waals surface area contributed by atoms with Gasteiger partial charge in [-0.25, -0.2) is 4.79 Å². The zero-order chi connectivity index (χ0) is 13.3. The second kappa shape index (κ2) is 4.48. The third kappa shape index (κ3) is 2.40. The highest BCUT2D eigenvalue weighted by Crippen LogP contribution is 2.39. The van der Waals surface area contributed by atoms with Gasteiger partial charge in [-0.1, -0.05) is 19.9 Å². The molecule has 0 spiro atoms. The lowest BCUT2D eigenvalue weighted by atomic mass is 9.79. The van der Waals surface area contributed by atoms with Gasteiger partial charge < -0.3 is 9.84 Å². The minimum Gasteiger partial charge on any atom is -0.493 e. The Morgan fingerprint density at radius 1 is 1.44 bits per heavy atom. The van der Waals surface area contributed by atoms with Gasteiger partial charge in [0.15, 0.2) is 0 Å². The molecule has 0 unspecified atom stereocenters. The first-order valence-corrected chi connectivity index (χ1v) is 6.09. The molecule has 1 heterocycles. The number of aliphatic carboxylic acids is 1. The lowest BCUT2D eigenvalue weighted by Crippen LogP contribution is -2.26. The molecule has 1 aliphatic rings. The largest absolute Gasteiger partial charge is 0.493 e. The van der Waals surface area contributed by atoms with E-state index < -0.39 is 5.97 Å². The third-order valence-corrected chi connectivity index (χ3v) is 3.49. The molecule has 0 radical (unpaired) electrons. The smallest absolute Gasteiger partial charge is 0.328 e. The van der Waals surface area contributed by atoms with Crippen molar-refractivity contribution in [3.05, 3.63) is 35.4 Å². The number of benzene rings is 1. The zero-order valence-electron chi connectivity index (χ0n) is 11.0. The van der Waals surface area contributed by atoms with Crippen LogP contribution in [0.1, 0.15) is 38.3 Å². The molecule has 0 fully saturated rings. The second-order valence-electron chi connectivity index (χ2n) is 5.36. The Bertz CT molecular complexity index is 512. The molecule has 1 aromatic carbocycles. The minimum atomic E-state index is -0.916. The molecule has 0 aliphatic carbocycles. The zero-order valence-corrected chi connectivity index (χ0v) is 11.0. The van der Waals surface area contributed by atoms with Crippen molar-refractivity contribution in [3.8, 4) is 5.75 Å². The standard InChI is InChI=1S/C15H18O3/c1-10(8-14(16)17)11-4-5-13-12(9-11)15(2,3)6-7-18-13/h4-5,8-9H,6-7H2,1-3H3,(H,16,17)/b10-8-. The number of carbonyl (C=O) groups is 1. The predicted molar refractivity (Wildman–Crippen MR) is 70.9 cm³/mol. The number of carboxylic acid groups (broad SMARTS) is 1. The highest BCUT2D eigenvalue weighted by molar-refractivity contribution is 5.89. The number of fused-ring (bicyclic) bond motifs is 1. The van der Waals surface area contributed by atoms with Crippen LogP contribution in [0.15, 0.2) is 24.3 Å². The first-order valence-electron chi connectivity index (χ1n) is 6.09. The summed E-state index contributed by atoms with van der Waals surface area (Å²) >= 11 is 0. The summed E-state index contributed by atoms with van der Waals surface area (Å²) in [5.41, 5.74) is 2.93. The molecule has 0 saturated heterocycles. The van der Waals surface area contributed by atoms with E-state index in [4.69, 9.17) is 9.84 Å². The maximum atomic E-state index is 10.7. The van der Waals surface area contributed by atoms with E-state index in [2.05, 4.69) is 13.8 Å². The fourth-order valence-electron chi connectivity index (χ4n) is 2.25. The van der Waals surface area contributed by atoms with Gasteiger partial charge in [0.05, 0.1) is 6.61 Å². The molecule has 3 heteroatoms. The van der Waals surface area contributed by atoms with E-state index in [1.807, 2.05) is 25.1 Å². The van der Waals surface area contributed by atoms with Crippen molar-refractivity contribution in [1.82, 2.24) is 0 Å². The van der Waals surface area contributed by atoms with E-state index in [1.54, 1.807) is 0 Å². The van der Waals surface area contributed by atoms with Gasteiger partial charge in [-0.3, -0.25) is 0 Å². The van der Waals surface area contributed by atoms with Crippen molar-refractivity contribution in [1.29, 1.82) is 0 Å². The Morgan fingerprint density at radius 3 is 2.83 bits per heavy atom. The monoisotopic (exact) mass is 246 g/mol. The minimum absolute atomic E-state index is 0.0765. The number of ether oxygens (including phenoxy) is 1. The lowest BCUT2D eigenvalue weighted by Gasteiger charge is -2.32. The van der Waals surface area contributed by atoms with Crippen LogP contribution in [0.25, 0.3) is 5.57 Å². The molecule has 0 amide bonds. The van der Waals surface area contributed by atoms with Crippen LogP contribution in [0.4, 0.5) is 0 Å². The number of hydrogen-bond acceptors (Lipinski definition) is 2. The molecule has 0 bridgehead atoms. The molecule has 2 rings (SSSR count). The normalized spacial score (nSPS) is 17.8.